The molecule has 0 spiro atoms. The van der Waals surface area contributed by atoms with Crippen LogP contribution in [0.15, 0.2) is 30.9 Å². The van der Waals surface area contributed by atoms with Crippen LogP contribution in [-0.2, 0) is 24.1 Å². The van der Waals surface area contributed by atoms with Gasteiger partial charge in [0.25, 0.3) is 0 Å². The van der Waals surface area contributed by atoms with Gasteiger partial charge in [0, 0.05) is 32.5 Å². The normalized spacial score (nSPS) is 10.6. The molecule has 0 fully saturated rings. The van der Waals surface area contributed by atoms with Crippen molar-refractivity contribution in [2.45, 2.75) is 19.4 Å². The standard InChI is InChI=1S/C12H16N4O/c1-17-8-7-16-10-14-15-12(16)5-4-11-3-2-6-13-9-11/h2-3,6,9-10H,4-5,7-8H2,1H3. The second-order valence-electron chi connectivity index (χ2n) is 3.79. The molecule has 2 aromatic heterocycles. The van der Waals surface area contributed by atoms with E-state index >= 15 is 0 Å². The average Bonchev–Trinajstić information content (AvgIpc) is 2.82. The maximum atomic E-state index is 5.05. The molecule has 90 valence electrons. The molecule has 0 saturated heterocycles. The fraction of sp³-hybridized carbons (Fsp3) is 0.417. The molecule has 0 saturated carbocycles. The molecule has 0 aromatic carbocycles. The van der Waals surface area contributed by atoms with E-state index in [1.807, 2.05) is 16.8 Å². The van der Waals surface area contributed by atoms with Crippen LogP contribution in [-0.4, -0.2) is 33.5 Å². The van der Waals surface area contributed by atoms with E-state index in [4.69, 9.17) is 4.74 Å². The minimum absolute atomic E-state index is 0.679. The predicted molar refractivity (Wildman–Crippen MR) is 63.5 cm³/mol. The molecule has 0 N–H and O–H groups in total. The van der Waals surface area contributed by atoms with Crippen LogP contribution >= 0.6 is 0 Å². The average molecular weight is 232 g/mol. The third-order valence-electron chi connectivity index (χ3n) is 2.59. The molecule has 0 aliphatic rings. The van der Waals surface area contributed by atoms with Crippen LogP contribution in [0, 0.1) is 0 Å². The highest BCUT2D eigenvalue weighted by Crippen LogP contribution is 2.04. The molecular formula is C12H16N4O. The molecule has 0 unspecified atom stereocenters. The predicted octanol–water partition coefficient (Wildman–Crippen LogP) is 1.10. The van der Waals surface area contributed by atoms with E-state index < -0.39 is 0 Å². The lowest BCUT2D eigenvalue weighted by Crippen LogP contribution is -2.08. The zero-order valence-electron chi connectivity index (χ0n) is 9.91. The van der Waals surface area contributed by atoms with Crippen LogP contribution in [0.5, 0.6) is 0 Å². The monoisotopic (exact) mass is 232 g/mol. The van der Waals surface area contributed by atoms with Gasteiger partial charge in [-0.25, -0.2) is 0 Å². The molecule has 0 bridgehead atoms. The highest BCUT2D eigenvalue weighted by molar-refractivity contribution is 5.09. The smallest absolute Gasteiger partial charge is 0.133 e. The summed E-state index contributed by atoms with van der Waals surface area (Å²) in [5, 5.41) is 8.05. The van der Waals surface area contributed by atoms with E-state index in [2.05, 4.69) is 21.2 Å². The number of methoxy groups -OCH3 is 1. The molecular weight excluding hydrogens is 216 g/mol. The Morgan fingerprint density at radius 1 is 1.35 bits per heavy atom. The Morgan fingerprint density at radius 3 is 3.06 bits per heavy atom. The first-order valence-electron chi connectivity index (χ1n) is 5.64. The molecule has 0 radical (unpaired) electrons. The van der Waals surface area contributed by atoms with E-state index in [1.165, 1.54) is 5.56 Å². The van der Waals surface area contributed by atoms with Gasteiger partial charge in [0.2, 0.25) is 0 Å². The van der Waals surface area contributed by atoms with Gasteiger partial charge in [-0.3, -0.25) is 4.98 Å². The Kier molecular flexibility index (Phi) is 4.21. The number of pyridine rings is 1. The van der Waals surface area contributed by atoms with Crippen LogP contribution in [0.25, 0.3) is 0 Å². The van der Waals surface area contributed by atoms with Crippen LogP contribution < -0.4 is 0 Å². The molecule has 17 heavy (non-hydrogen) atoms. The summed E-state index contributed by atoms with van der Waals surface area (Å²) in [7, 11) is 1.69. The van der Waals surface area contributed by atoms with E-state index in [-0.39, 0.29) is 0 Å². The minimum Gasteiger partial charge on any atom is -0.383 e. The molecule has 2 heterocycles. The molecule has 2 aromatic rings. The zero-order chi connectivity index (χ0) is 11.9. The highest BCUT2D eigenvalue weighted by atomic mass is 16.5. The van der Waals surface area contributed by atoms with Crippen molar-refractivity contribution in [3.05, 3.63) is 42.2 Å². The van der Waals surface area contributed by atoms with Crippen LogP contribution in [0.1, 0.15) is 11.4 Å². The van der Waals surface area contributed by atoms with Crippen LogP contribution in [0.2, 0.25) is 0 Å². The summed E-state index contributed by atoms with van der Waals surface area (Å²) in [5.74, 6) is 0.992. The summed E-state index contributed by atoms with van der Waals surface area (Å²) in [6, 6.07) is 4.02. The Bertz CT molecular complexity index is 441. The van der Waals surface area contributed by atoms with Gasteiger partial charge in [0.15, 0.2) is 0 Å². The Labute approximate surface area is 100 Å². The maximum Gasteiger partial charge on any atom is 0.133 e. The largest absolute Gasteiger partial charge is 0.383 e. The third-order valence-corrected chi connectivity index (χ3v) is 2.59. The number of hydrogen-bond acceptors (Lipinski definition) is 4. The van der Waals surface area contributed by atoms with Gasteiger partial charge in [0.05, 0.1) is 6.61 Å². The van der Waals surface area contributed by atoms with Gasteiger partial charge in [-0.1, -0.05) is 6.07 Å². The van der Waals surface area contributed by atoms with Gasteiger partial charge in [0.1, 0.15) is 12.2 Å². The lowest BCUT2D eigenvalue weighted by atomic mass is 10.1. The fourth-order valence-electron chi connectivity index (χ4n) is 1.65. The summed E-state index contributed by atoms with van der Waals surface area (Å²) in [6.45, 7) is 1.48. The topological polar surface area (TPSA) is 52.8 Å². The Morgan fingerprint density at radius 2 is 2.29 bits per heavy atom. The molecule has 5 heteroatoms. The van der Waals surface area contributed by atoms with Crippen molar-refractivity contribution in [1.82, 2.24) is 19.7 Å². The number of rotatable bonds is 6. The van der Waals surface area contributed by atoms with Crippen molar-refractivity contribution in [2.24, 2.45) is 0 Å². The lowest BCUT2D eigenvalue weighted by Gasteiger charge is -2.05. The van der Waals surface area contributed by atoms with Gasteiger partial charge in [-0.05, 0) is 18.1 Å². The second-order valence-corrected chi connectivity index (χ2v) is 3.79. The summed E-state index contributed by atoms with van der Waals surface area (Å²) < 4.78 is 7.07. The molecule has 0 aliphatic heterocycles. The molecule has 0 aliphatic carbocycles. The third kappa shape index (κ3) is 3.35. The molecule has 0 amide bonds. The number of nitrogens with zero attached hydrogens (tertiary/aromatic N) is 4. The van der Waals surface area contributed by atoms with Crippen LogP contribution in [0.4, 0.5) is 0 Å². The SMILES string of the molecule is COCCn1cnnc1CCc1cccnc1. The van der Waals surface area contributed by atoms with Crippen molar-refractivity contribution in [3.63, 3.8) is 0 Å². The maximum absolute atomic E-state index is 5.05. The Hall–Kier alpha value is -1.75. The van der Waals surface area contributed by atoms with Crippen molar-refractivity contribution >= 4 is 0 Å². The van der Waals surface area contributed by atoms with Crippen LogP contribution in [0.3, 0.4) is 0 Å². The lowest BCUT2D eigenvalue weighted by molar-refractivity contribution is 0.186. The van der Waals surface area contributed by atoms with Gasteiger partial charge in [-0.15, -0.1) is 10.2 Å². The van der Waals surface area contributed by atoms with Crippen molar-refractivity contribution in [3.8, 4) is 0 Å². The number of hydrogen-bond donors (Lipinski definition) is 0. The van der Waals surface area contributed by atoms with Crippen molar-refractivity contribution in [1.29, 1.82) is 0 Å². The minimum atomic E-state index is 0.679. The van der Waals surface area contributed by atoms with E-state index in [0.29, 0.717) is 6.61 Å². The van der Waals surface area contributed by atoms with E-state index in [0.717, 1.165) is 25.2 Å². The highest BCUT2D eigenvalue weighted by Gasteiger charge is 2.04. The van der Waals surface area contributed by atoms with Gasteiger partial charge >= 0.3 is 0 Å². The summed E-state index contributed by atoms with van der Waals surface area (Å²) in [4.78, 5) is 4.09. The molecule has 0 atom stereocenters. The fourth-order valence-corrected chi connectivity index (χ4v) is 1.65. The summed E-state index contributed by atoms with van der Waals surface area (Å²) in [5.41, 5.74) is 1.22. The first-order valence-corrected chi connectivity index (χ1v) is 5.64. The van der Waals surface area contributed by atoms with E-state index in [9.17, 15) is 0 Å². The summed E-state index contributed by atoms with van der Waals surface area (Å²) in [6.07, 6.45) is 7.22. The van der Waals surface area contributed by atoms with Gasteiger partial charge < -0.3 is 9.30 Å². The molecule has 2 rings (SSSR count). The molecule has 5 nitrogen and oxygen atoms in total. The quantitative estimate of drug-likeness (QED) is 0.748. The number of aryl methyl sites for hydroxylation is 2. The van der Waals surface area contributed by atoms with E-state index in [1.54, 1.807) is 19.6 Å². The Balaban J connectivity index is 1.92. The zero-order valence-corrected chi connectivity index (χ0v) is 9.91. The number of ether oxygens (including phenoxy) is 1. The van der Waals surface area contributed by atoms with Gasteiger partial charge in [-0.2, -0.15) is 0 Å². The first-order chi connectivity index (χ1) is 8.40. The van der Waals surface area contributed by atoms with Crippen molar-refractivity contribution in [2.75, 3.05) is 13.7 Å². The van der Waals surface area contributed by atoms with Crippen molar-refractivity contribution < 1.29 is 4.74 Å². The first kappa shape index (κ1) is 11.7. The second kappa shape index (κ2) is 6.10. The number of aromatic nitrogens is 4. The summed E-state index contributed by atoms with van der Waals surface area (Å²) >= 11 is 0.